The number of likely N-dealkylation sites (tertiary alicyclic amines) is 1. The third-order valence-electron chi connectivity index (χ3n) is 9.15. The van der Waals surface area contributed by atoms with Gasteiger partial charge in [-0.3, -0.25) is 4.79 Å². The second kappa shape index (κ2) is 11.0. The van der Waals surface area contributed by atoms with Crippen molar-refractivity contribution in [2.24, 2.45) is 0 Å². The molecule has 0 unspecified atom stereocenters. The molecule has 4 aliphatic rings. The Balaban J connectivity index is 1.36. The average molecular weight is 580 g/mol. The molecule has 3 aliphatic heterocycles. The molecule has 1 spiro atoms. The molecule has 2 aromatic rings. The van der Waals surface area contributed by atoms with Crippen LogP contribution in [-0.2, 0) is 17.8 Å². The molecular formula is C30H35F2N7O3. The van der Waals surface area contributed by atoms with Crippen molar-refractivity contribution in [1.29, 1.82) is 0 Å². The van der Waals surface area contributed by atoms with Crippen LogP contribution in [0, 0.1) is 12.4 Å². The lowest BCUT2D eigenvalue weighted by Crippen LogP contribution is -2.57. The maximum absolute atomic E-state index is 15.1. The van der Waals surface area contributed by atoms with Gasteiger partial charge < -0.3 is 34.3 Å². The van der Waals surface area contributed by atoms with E-state index in [1.165, 1.54) is 23.1 Å². The van der Waals surface area contributed by atoms with Crippen LogP contribution in [-0.4, -0.2) is 94.8 Å². The van der Waals surface area contributed by atoms with Crippen LogP contribution in [0.5, 0.6) is 11.8 Å². The summed E-state index contributed by atoms with van der Waals surface area (Å²) in [6, 6.07) is 4.26. The highest BCUT2D eigenvalue weighted by molar-refractivity contribution is 5.91. The number of piperazine rings is 1. The number of likely N-dealkylation sites (N-methyl/N-ethyl adjacent to an activating group) is 1. The maximum atomic E-state index is 15.1. The van der Waals surface area contributed by atoms with Crippen LogP contribution in [0.2, 0.25) is 0 Å². The van der Waals surface area contributed by atoms with Crippen LogP contribution in [0.1, 0.15) is 36.9 Å². The Labute approximate surface area is 244 Å². The van der Waals surface area contributed by atoms with Gasteiger partial charge in [0.25, 0.3) is 5.91 Å². The van der Waals surface area contributed by atoms with E-state index in [2.05, 4.69) is 23.4 Å². The molecule has 10 nitrogen and oxygen atoms in total. The lowest BCUT2D eigenvalue weighted by Gasteiger charge is -2.43. The van der Waals surface area contributed by atoms with Gasteiger partial charge in [0.05, 0.1) is 12.2 Å². The summed E-state index contributed by atoms with van der Waals surface area (Å²) in [7, 11) is 2.07. The van der Waals surface area contributed by atoms with Crippen molar-refractivity contribution in [3.8, 4) is 11.8 Å². The van der Waals surface area contributed by atoms with Gasteiger partial charge in [-0.05, 0) is 51.4 Å². The Morgan fingerprint density at radius 1 is 1.26 bits per heavy atom. The number of phenolic OH excluding ortho intramolecular Hbond substituents is 1. The first-order chi connectivity index (χ1) is 20.2. The fraction of sp³-hybridized carbons (Fsp3) is 0.533. The van der Waals surface area contributed by atoms with Crippen molar-refractivity contribution in [2.75, 3.05) is 56.2 Å². The van der Waals surface area contributed by atoms with Gasteiger partial charge in [-0.2, -0.15) is 9.97 Å². The van der Waals surface area contributed by atoms with Crippen LogP contribution >= 0.6 is 0 Å². The first-order valence-corrected chi connectivity index (χ1v) is 14.4. The fourth-order valence-electron chi connectivity index (χ4n) is 6.65. The molecule has 222 valence electrons. The zero-order valence-corrected chi connectivity index (χ0v) is 23.7. The topological polar surface area (TPSA) is 89.6 Å². The van der Waals surface area contributed by atoms with Gasteiger partial charge in [-0.15, -0.1) is 0 Å². The number of aromatic nitrogens is 2. The monoisotopic (exact) mass is 579 g/mol. The highest BCUT2D eigenvalue weighted by atomic mass is 19.1. The molecule has 2 saturated heterocycles. The lowest BCUT2D eigenvalue weighted by molar-refractivity contribution is -0.131. The van der Waals surface area contributed by atoms with E-state index in [9.17, 15) is 14.3 Å². The summed E-state index contributed by atoms with van der Waals surface area (Å²) in [5, 5.41) is 10.6. The summed E-state index contributed by atoms with van der Waals surface area (Å²) in [6.45, 7) is 13.2. The second-order valence-corrected chi connectivity index (χ2v) is 11.8. The molecule has 6 rings (SSSR count). The third-order valence-corrected chi connectivity index (χ3v) is 9.15. The minimum atomic E-state index is -1.04. The molecule has 12 heteroatoms. The highest BCUT2D eigenvalue weighted by Crippen LogP contribution is 2.53. The molecule has 4 heterocycles. The number of phenols is 1. The van der Waals surface area contributed by atoms with E-state index in [0.29, 0.717) is 37.6 Å². The Morgan fingerprint density at radius 2 is 2.07 bits per heavy atom. The van der Waals surface area contributed by atoms with Gasteiger partial charge in [0, 0.05) is 43.2 Å². The lowest BCUT2D eigenvalue weighted by atomic mass is 9.94. The zero-order chi connectivity index (χ0) is 29.6. The number of fused-ring (bicyclic) bond motifs is 1. The number of nitrogens with zero attached hydrogens (tertiary/aromatic N) is 7. The number of hydrogen-bond donors (Lipinski definition) is 1. The number of amides is 1. The molecule has 3 fully saturated rings. The van der Waals surface area contributed by atoms with Crippen molar-refractivity contribution in [3.63, 3.8) is 0 Å². The molecule has 1 aromatic carbocycles. The third kappa shape index (κ3) is 5.11. The SMILES string of the molecule is [C-]#[N+]C[C@H]1CN(c2nc(OC[C@@H]3CCCN3C)nc3c2CC2(CC2)N(c2c(O)cccc2F)C3)CCN1C(=O)C(=C)F. The number of hydrogen-bond acceptors (Lipinski definition) is 8. The normalized spacial score (nSPS) is 23.0. The quantitative estimate of drug-likeness (QED) is 0.395. The summed E-state index contributed by atoms with van der Waals surface area (Å²) in [5.41, 5.74) is 1.40. The number of benzene rings is 1. The number of rotatable bonds is 7. The molecule has 1 aromatic heterocycles. The van der Waals surface area contributed by atoms with Crippen LogP contribution in [0.4, 0.5) is 20.3 Å². The summed E-state index contributed by atoms with van der Waals surface area (Å²) in [5.74, 6) is -1.78. The highest BCUT2D eigenvalue weighted by Gasteiger charge is 2.53. The molecule has 1 saturated carbocycles. The van der Waals surface area contributed by atoms with Gasteiger partial charge in [-0.25, -0.2) is 15.4 Å². The molecular weight excluding hydrogens is 544 g/mol. The van der Waals surface area contributed by atoms with Crippen molar-refractivity contribution in [1.82, 2.24) is 19.8 Å². The van der Waals surface area contributed by atoms with E-state index in [1.807, 2.05) is 9.80 Å². The van der Waals surface area contributed by atoms with Crippen LogP contribution in [0.25, 0.3) is 4.85 Å². The van der Waals surface area contributed by atoms with Gasteiger partial charge in [0.15, 0.2) is 5.83 Å². The van der Waals surface area contributed by atoms with E-state index >= 15 is 4.39 Å². The molecule has 0 radical (unpaired) electrons. The average Bonchev–Trinajstić information content (AvgIpc) is 3.61. The van der Waals surface area contributed by atoms with Crippen molar-refractivity contribution < 1.29 is 23.4 Å². The van der Waals surface area contributed by atoms with Crippen LogP contribution in [0.3, 0.4) is 0 Å². The molecule has 1 amide bonds. The molecule has 2 atom stereocenters. The number of halogens is 2. The summed E-state index contributed by atoms with van der Waals surface area (Å²) in [6.07, 6.45) is 4.32. The van der Waals surface area contributed by atoms with Crippen molar-refractivity contribution in [3.05, 3.63) is 59.1 Å². The number of ether oxygens (including phenoxy) is 1. The van der Waals surface area contributed by atoms with Crippen molar-refractivity contribution in [2.45, 2.75) is 56.3 Å². The molecule has 0 bridgehead atoms. The van der Waals surface area contributed by atoms with Crippen molar-refractivity contribution >= 4 is 17.4 Å². The Bertz CT molecular complexity index is 1420. The van der Waals surface area contributed by atoms with E-state index in [0.717, 1.165) is 37.8 Å². The van der Waals surface area contributed by atoms with Gasteiger partial charge >= 0.3 is 6.01 Å². The molecule has 42 heavy (non-hydrogen) atoms. The Hall–Kier alpha value is -3.98. The number of aromatic hydroxyl groups is 1. The number of anilines is 2. The number of carbonyl (C=O) groups excluding carboxylic acids is 1. The van der Waals surface area contributed by atoms with Crippen LogP contribution < -0.4 is 14.5 Å². The largest absolute Gasteiger partial charge is 0.506 e. The summed E-state index contributed by atoms with van der Waals surface area (Å²) >= 11 is 0. The predicted molar refractivity (Wildman–Crippen MR) is 153 cm³/mol. The maximum Gasteiger partial charge on any atom is 0.318 e. The first kappa shape index (κ1) is 28.2. The first-order valence-electron chi connectivity index (χ1n) is 14.4. The predicted octanol–water partition coefficient (Wildman–Crippen LogP) is 3.31. The minimum Gasteiger partial charge on any atom is -0.506 e. The second-order valence-electron chi connectivity index (χ2n) is 11.8. The molecule has 1 N–H and O–H groups in total. The summed E-state index contributed by atoms with van der Waals surface area (Å²) < 4.78 is 35.0. The smallest absolute Gasteiger partial charge is 0.318 e. The van der Waals surface area contributed by atoms with Gasteiger partial charge in [0.2, 0.25) is 6.54 Å². The van der Waals surface area contributed by atoms with E-state index in [1.54, 1.807) is 0 Å². The van der Waals surface area contributed by atoms with E-state index in [4.69, 9.17) is 21.3 Å². The summed E-state index contributed by atoms with van der Waals surface area (Å²) in [4.78, 5) is 33.3. The number of carbonyl (C=O) groups is 1. The standard InChI is InChI=1S/C30H35F2N7O3/c1-19(31)28(41)38-13-12-37(16-21(38)15-33-2)27-22-14-30(9-10-30)39(26-23(32)7-4-8-25(26)40)17-24(22)34-29(35-27)42-18-20-6-5-11-36(20)3/h4,7-8,20-21,40H,1,5-6,9-18H2,3H3/t20-,21-/m0/s1. The fourth-order valence-corrected chi connectivity index (χ4v) is 6.65. The number of para-hydroxylation sites is 1. The Kier molecular flexibility index (Phi) is 7.39. The minimum absolute atomic E-state index is 0.0183. The van der Waals surface area contributed by atoms with Crippen LogP contribution in [0.15, 0.2) is 30.6 Å². The Morgan fingerprint density at radius 3 is 2.74 bits per heavy atom. The van der Waals surface area contributed by atoms with E-state index < -0.39 is 23.6 Å². The van der Waals surface area contributed by atoms with Gasteiger partial charge in [0.1, 0.15) is 35.7 Å². The van der Waals surface area contributed by atoms with E-state index in [-0.39, 0.29) is 48.7 Å². The van der Waals surface area contributed by atoms with Gasteiger partial charge in [-0.1, -0.05) is 12.6 Å². The molecule has 1 aliphatic carbocycles. The zero-order valence-electron chi connectivity index (χ0n) is 23.7.